The van der Waals surface area contributed by atoms with Crippen LogP contribution in [0.2, 0.25) is 0 Å². The van der Waals surface area contributed by atoms with Gasteiger partial charge in [0.15, 0.2) is 11.9 Å². The van der Waals surface area contributed by atoms with Crippen LogP contribution in [0.5, 0.6) is 11.6 Å². The zero-order chi connectivity index (χ0) is 22.5. The van der Waals surface area contributed by atoms with Gasteiger partial charge in [-0.2, -0.15) is 4.73 Å². The highest BCUT2D eigenvalue weighted by Crippen LogP contribution is 2.38. The molecule has 1 fully saturated rings. The summed E-state index contributed by atoms with van der Waals surface area (Å²) in [7, 11) is 0. The van der Waals surface area contributed by atoms with Crippen molar-refractivity contribution in [2.45, 2.75) is 38.5 Å². The summed E-state index contributed by atoms with van der Waals surface area (Å²) in [5, 5.41) is 15.0. The Hall–Kier alpha value is -3.55. The molecule has 0 radical (unpaired) electrons. The molecule has 3 atom stereocenters. The molecule has 4 rings (SSSR count). The van der Waals surface area contributed by atoms with Crippen molar-refractivity contribution in [3.63, 3.8) is 0 Å². The Balaban J connectivity index is 1.34. The third-order valence-electron chi connectivity index (χ3n) is 6.02. The molecule has 3 aromatic heterocycles. The number of nitrogens with one attached hydrogen (secondary N) is 1. The van der Waals surface area contributed by atoms with E-state index in [1.807, 2.05) is 19.1 Å². The summed E-state index contributed by atoms with van der Waals surface area (Å²) in [6.45, 7) is 1.93. The molecule has 1 saturated carbocycles. The average Bonchev–Trinajstić information content (AvgIpc) is 2.81. The van der Waals surface area contributed by atoms with Gasteiger partial charge in [-0.15, -0.1) is 0 Å². The van der Waals surface area contributed by atoms with Gasteiger partial charge in [0.25, 0.3) is 0 Å². The van der Waals surface area contributed by atoms with Gasteiger partial charge in [0.2, 0.25) is 11.8 Å². The van der Waals surface area contributed by atoms with Crippen LogP contribution in [0.4, 0.5) is 10.2 Å². The molecule has 1 N–H and O–H groups in total. The van der Waals surface area contributed by atoms with Crippen molar-refractivity contribution in [3.05, 3.63) is 77.8 Å². The standard InChI is InChI=1S/C24H25FN4O3/c1-16(17-5-4-6-18(13-17)21-7-2-3-12-29(21)31)24(30)28-22-10-9-20(15-26-22)32-23-11-8-19(25)14-27-23/h2-3,7-12,14-18H,4-6,13H2,1H3,(H,26,28,30)/t16-,17+,18-/m1/s1. The van der Waals surface area contributed by atoms with E-state index in [1.54, 1.807) is 18.2 Å². The predicted molar refractivity (Wildman–Crippen MR) is 116 cm³/mol. The number of ether oxygens (including phenoxy) is 1. The van der Waals surface area contributed by atoms with Crippen molar-refractivity contribution in [2.75, 3.05) is 5.32 Å². The van der Waals surface area contributed by atoms with Gasteiger partial charge in [-0.25, -0.2) is 14.4 Å². The first kappa shape index (κ1) is 21.7. The minimum Gasteiger partial charge on any atom is -0.618 e. The normalized spacial score (nSPS) is 19.2. The summed E-state index contributed by atoms with van der Waals surface area (Å²) in [5.74, 6) is 0.723. The van der Waals surface area contributed by atoms with Crippen molar-refractivity contribution in [1.29, 1.82) is 0 Å². The maximum Gasteiger partial charge on any atom is 0.228 e. The molecule has 3 heterocycles. The summed E-state index contributed by atoms with van der Waals surface area (Å²) in [6, 6.07) is 11.5. The zero-order valence-electron chi connectivity index (χ0n) is 17.8. The Morgan fingerprint density at radius 2 is 2.06 bits per heavy atom. The number of amides is 1. The fourth-order valence-electron chi connectivity index (χ4n) is 4.22. The van der Waals surface area contributed by atoms with Crippen molar-refractivity contribution in [3.8, 4) is 11.6 Å². The number of carbonyl (C=O) groups excluding carboxylic acids is 1. The van der Waals surface area contributed by atoms with Gasteiger partial charge in [0.05, 0.1) is 12.4 Å². The minimum absolute atomic E-state index is 0.0971. The zero-order valence-corrected chi connectivity index (χ0v) is 17.8. The molecule has 0 spiro atoms. The lowest BCUT2D eigenvalue weighted by Crippen LogP contribution is -2.36. The second-order valence-corrected chi connectivity index (χ2v) is 8.15. The van der Waals surface area contributed by atoms with E-state index in [0.29, 0.717) is 11.6 Å². The van der Waals surface area contributed by atoms with E-state index < -0.39 is 5.82 Å². The fraction of sp³-hybridized carbons (Fsp3) is 0.333. The van der Waals surface area contributed by atoms with Crippen molar-refractivity contribution in [1.82, 2.24) is 9.97 Å². The highest BCUT2D eigenvalue weighted by molar-refractivity contribution is 5.91. The van der Waals surface area contributed by atoms with Crippen LogP contribution >= 0.6 is 0 Å². The molecule has 166 valence electrons. The van der Waals surface area contributed by atoms with E-state index in [2.05, 4.69) is 15.3 Å². The van der Waals surface area contributed by atoms with Crippen LogP contribution in [-0.2, 0) is 4.79 Å². The highest BCUT2D eigenvalue weighted by atomic mass is 19.1. The second-order valence-electron chi connectivity index (χ2n) is 8.15. The molecular formula is C24H25FN4O3. The Morgan fingerprint density at radius 3 is 2.78 bits per heavy atom. The first-order valence-corrected chi connectivity index (χ1v) is 10.7. The Kier molecular flexibility index (Phi) is 6.58. The van der Waals surface area contributed by atoms with Crippen LogP contribution in [0.15, 0.2) is 61.1 Å². The molecule has 0 unspecified atom stereocenters. The molecule has 0 saturated heterocycles. The molecule has 0 bridgehead atoms. The van der Waals surface area contributed by atoms with Crippen LogP contribution in [-0.4, -0.2) is 15.9 Å². The lowest BCUT2D eigenvalue weighted by atomic mass is 9.74. The quantitative estimate of drug-likeness (QED) is 0.451. The van der Waals surface area contributed by atoms with Crippen LogP contribution in [0, 0.1) is 22.9 Å². The monoisotopic (exact) mass is 436 g/mol. The molecule has 0 aliphatic heterocycles. The number of hydrogen-bond donors (Lipinski definition) is 1. The summed E-state index contributed by atoms with van der Waals surface area (Å²) in [6.07, 6.45) is 7.80. The SMILES string of the molecule is C[C@@H](C(=O)Nc1ccc(Oc2ccc(F)cn2)cn1)[C@H]1CCC[C@@H](c2cccc[n+]2[O-])C1. The molecule has 1 amide bonds. The predicted octanol–water partition coefficient (Wildman–Crippen LogP) is 4.59. The van der Waals surface area contributed by atoms with Crippen molar-refractivity contribution >= 4 is 11.7 Å². The van der Waals surface area contributed by atoms with Gasteiger partial charge in [-0.3, -0.25) is 4.79 Å². The number of anilines is 1. The molecule has 1 aliphatic carbocycles. The van der Waals surface area contributed by atoms with Gasteiger partial charge in [-0.05, 0) is 43.4 Å². The topological polar surface area (TPSA) is 91.0 Å². The molecule has 0 aromatic carbocycles. The highest BCUT2D eigenvalue weighted by Gasteiger charge is 2.33. The number of nitrogens with zero attached hydrogens (tertiary/aromatic N) is 3. The van der Waals surface area contributed by atoms with E-state index in [0.717, 1.165) is 42.3 Å². The van der Waals surface area contributed by atoms with E-state index in [9.17, 15) is 14.4 Å². The van der Waals surface area contributed by atoms with Crippen LogP contribution < -0.4 is 14.8 Å². The van der Waals surface area contributed by atoms with Crippen LogP contribution in [0.25, 0.3) is 0 Å². The van der Waals surface area contributed by atoms with E-state index in [1.165, 1.54) is 24.5 Å². The summed E-state index contributed by atoms with van der Waals surface area (Å²) < 4.78 is 19.4. The van der Waals surface area contributed by atoms with Gasteiger partial charge in [0, 0.05) is 30.0 Å². The molecule has 32 heavy (non-hydrogen) atoms. The number of aromatic nitrogens is 3. The first-order chi connectivity index (χ1) is 15.5. The van der Waals surface area contributed by atoms with Crippen molar-refractivity contribution in [2.24, 2.45) is 11.8 Å². The van der Waals surface area contributed by atoms with E-state index in [-0.39, 0.29) is 29.5 Å². The number of carbonyl (C=O) groups is 1. The summed E-state index contributed by atoms with van der Waals surface area (Å²) in [4.78, 5) is 20.9. The number of hydrogen-bond acceptors (Lipinski definition) is 5. The van der Waals surface area contributed by atoms with Crippen molar-refractivity contribution < 1.29 is 18.7 Å². The smallest absolute Gasteiger partial charge is 0.228 e. The van der Waals surface area contributed by atoms with Gasteiger partial charge in [-0.1, -0.05) is 19.4 Å². The molecule has 3 aromatic rings. The fourth-order valence-corrected chi connectivity index (χ4v) is 4.22. The molecule has 7 nitrogen and oxygen atoms in total. The first-order valence-electron chi connectivity index (χ1n) is 10.7. The second kappa shape index (κ2) is 9.72. The maximum absolute atomic E-state index is 12.9. The van der Waals surface area contributed by atoms with Gasteiger partial charge < -0.3 is 15.3 Å². The minimum atomic E-state index is -0.442. The lowest BCUT2D eigenvalue weighted by molar-refractivity contribution is -0.616. The third-order valence-corrected chi connectivity index (χ3v) is 6.02. The van der Waals surface area contributed by atoms with E-state index >= 15 is 0 Å². The molecular weight excluding hydrogens is 411 g/mol. The summed E-state index contributed by atoms with van der Waals surface area (Å²) in [5.41, 5.74) is 0.776. The molecule has 8 heteroatoms. The number of halogens is 1. The Bertz CT molecular complexity index is 1060. The average molecular weight is 436 g/mol. The lowest BCUT2D eigenvalue weighted by Gasteiger charge is -2.31. The summed E-state index contributed by atoms with van der Waals surface area (Å²) >= 11 is 0. The van der Waals surface area contributed by atoms with Gasteiger partial charge in [0.1, 0.15) is 17.4 Å². The third kappa shape index (κ3) is 5.19. The Labute approximate surface area is 185 Å². The number of rotatable bonds is 6. The largest absolute Gasteiger partial charge is 0.618 e. The Morgan fingerprint density at radius 1 is 1.19 bits per heavy atom. The maximum atomic E-state index is 12.9. The molecule has 1 aliphatic rings. The number of pyridine rings is 3. The van der Waals surface area contributed by atoms with Crippen LogP contribution in [0.3, 0.4) is 0 Å². The van der Waals surface area contributed by atoms with Crippen LogP contribution in [0.1, 0.15) is 44.2 Å². The van der Waals surface area contributed by atoms with E-state index in [4.69, 9.17) is 4.74 Å². The van der Waals surface area contributed by atoms with Gasteiger partial charge >= 0.3 is 0 Å².